The number of carbonyl (C=O) groups is 1. The van der Waals surface area contributed by atoms with Gasteiger partial charge >= 0.3 is 0 Å². The van der Waals surface area contributed by atoms with Gasteiger partial charge in [-0.25, -0.2) is 5.48 Å². The third-order valence-electron chi connectivity index (χ3n) is 6.07. The summed E-state index contributed by atoms with van der Waals surface area (Å²) in [6.45, 7) is 8.36. The molecule has 1 aliphatic heterocycles. The minimum atomic E-state index is -0.486. The van der Waals surface area contributed by atoms with E-state index in [1.54, 1.807) is 30.1 Å². The van der Waals surface area contributed by atoms with Gasteiger partial charge in [0, 0.05) is 49.4 Å². The first-order valence-electron chi connectivity index (χ1n) is 10.7. The maximum atomic E-state index is 11.5. The summed E-state index contributed by atoms with van der Waals surface area (Å²) in [6, 6.07) is 19.0. The third-order valence-corrected chi connectivity index (χ3v) is 6.07. The molecular formula is C25H29N3O3. The average molecular weight is 420 g/mol. The van der Waals surface area contributed by atoms with E-state index in [1.165, 1.54) is 11.1 Å². The first kappa shape index (κ1) is 21.3. The molecule has 2 heterocycles. The van der Waals surface area contributed by atoms with Crippen molar-refractivity contribution in [3.8, 4) is 11.1 Å². The van der Waals surface area contributed by atoms with Gasteiger partial charge in [0.1, 0.15) is 0 Å². The Labute approximate surface area is 183 Å². The van der Waals surface area contributed by atoms with Crippen molar-refractivity contribution in [2.24, 2.45) is 0 Å². The molecule has 31 heavy (non-hydrogen) atoms. The number of nitrogens with one attached hydrogen (secondary N) is 1. The second-order valence-electron chi connectivity index (χ2n) is 8.41. The van der Waals surface area contributed by atoms with Crippen molar-refractivity contribution in [1.82, 2.24) is 15.3 Å². The summed E-state index contributed by atoms with van der Waals surface area (Å²) in [4.78, 5) is 16.5. The van der Waals surface area contributed by atoms with Crippen LogP contribution in [0.4, 0.5) is 0 Å². The quantitative estimate of drug-likeness (QED) is 0.464. The van der Waals surface area contributed by atoms with E-state index in [-0.39, 0.29) is 0 Å². The fourth-order valence-corrected chi connectivity index (χ4v) is 4.43. The van der Waals surface area contributed by atoms with Crippen LogP contribution >= 0.6 is 0 Å². The van der Waals surface area contributed by atoms with E-state index < -0.39 is 5.91 Å². The number of carbonyl (C=O) groups excluding carboxylic acids is 1. The van der Waals surface area contributed by atoms with Crippen molar-refractivity contribution in [2.75, 3.05) is 13.1 Å². The van der Waals surface area contributed by atoms with E-state index in [0.29, 0.717) is 17.6 Å². The number of hydroxylamine groups is 1. The lowest BCUT2D eigenvalue weighted by Crippen LogP contribution is -2.55. The summed E-state index contributed by atoms with van der Waals surface area (Å²) >= 11 is 0. The Morgan fingerprint density at radius 2 is 1.55 bits per heavy atom. The number of nitrogens with zero attached hydrogens (tertiary/aromatic N) is 2. The molecule has 1 fully saturated rings. The topological polar surface area (TPSA) is 69.0 Å². The highest BCUT2D eigenvalue weighted by molar-refractivity contribution is 5.93. The van der Waals surface area contributed by atoms with Gasteiger partial charge in [-0.3, -0.25) is 19.8 Å². The summed E-state index contributed by atoms with van der Waals surface area (Å²) in [7, 11) is 0. The Morgan fingerprint density at radius 3 is 2.13 bits per heavy atom. The first-order chi connectivity index (χ1) is 15.0. The van der Waals surface area contributed by atoms with Crippen molar-refractivity contribution >= 4 is 5.91 Å². The van der Waals surface area contributed by atoms with Gasteiger partial charge in [0.05, 0.1) is 12.5 Å². The van der Waals surface area contributed by atoms with E-state index in [9.17, 15) is 4.79 Å². The molecule has 1 amide bonds. The van der Waals surface area contributed by atoms with Crippen LogP contribution in [-0.2, 0) is 13.1 Å². The molecule has 0 spiro atoms. The van der Waals surface area contributed by atoms with Crippen LogP contribution in [0.1, 0.15) is 35.3 Å². The van der Waals surface area contributed by atoms with E-state index in [1.807, 2.05) is 18.2 Å². The van der Waals surface area contributed by atoms with Gasteiger partial charge in [-0.05, 0) is 48.7 Å². The number of amides is 1. The molecule has 4 rings (SSSR count). The van der Waals surface area contributed by atoms with Crippen molar-refractivity contribution in [1.29, 1.82) is 0 Å². The van der Waals surface area contributed by atoms with Crippen LogP contribution < -0.4 is 5.48 Å². The Balaban J connectivity index is 1.35. The number of rotatable bonds is 6. The fraction of sp³-hybridized carbons (Fsp3) is 0.320. The van der Waals surface area contributed by atoms with E-state index in [0.717, 1.165) is 37.3 Å². The molecule has 0 radical (unpaired) electrons. The molecule has 0 bridgehead atoms. The van der Waals surface area contributed by atoms with Gasteiger partial charge in [-0.2, -0.15) is 0 Å². The Bertz CT molecular complexity index is 972. The SMILES string of the molecule is C[C@@H]1CN(Cc2ccc(C(=O)NO)cc2)C[C@H](C)N1Cc1ccc(-c2ccoc2)cc1. The van der Waals surface area contributed by atoms with Crippen LogP contribution in [0.15, 0.2) is 71.5 Å². The maximum Gasteiger partial charge on any atom is 0.274 e. The molecule has 1 aliphatic rings. The van der Waals surface area contributed by atoms with Crippen molar-refractivity contribution in [3.05, 3.63) is 83.8 Å². The van der Waals surface area contributed by atoms with Gasteiger partial charge in [0.15, 0.2) is 0 Å². The molecular weight excluding hydrogens is 390 g/mol. The smallest absolute Gasteiger partial charge is 0.274 e. The molecule has 6 nitrogen and oxygen atoms in total. The van der Waals surface area contributed by atoms with Crippen LogP contribution in [0.25, 0.3) is 11.1 Å². The maximum absolute atomic E-state index is 11.5. The lowest BCUT2D eigenvalue weighted by atomic mass is 10.0. The predicted octanol–water partition coefficient (Wildman–Crippen LogP) is 4.16. The van der Waals surface area contributed by atoms with Crippen molar-refractivity contribution in [2.45, 2.75) is 39.0 Å². The number of furan rings is 1. The van der Waals surface area contributed by atoms with E-state index in [2.05, 4.69) is 47.9 Å². The van der Waals surface area contributed by atoms with Gasteiger partial charge in [-0.15, -0.1) is 0 Å². The zero-order valence-corrected chi connectivity index (χ0v) is 18.0. The predicted molar refractivity (Wildman–Crippen MR) is 120 cm³/mol. The standard InChI is InChI=1S/C25H29N3O3/c1-18-13-27(15-20-5-9-23(10-6-20)25(29)26-30)14-19(2)28(18)16-21-3-7-22(8-4-21)24-11-12-31-17-24/h3-12,17-19,30H,13-16H2,1-2H3,(H,26,29)/t18-,19+. The van der Waals surface area contributed by atoms with Crippen LogP contribution in [0.3, 0.4) is 0 Å². The number of hydrogen-bond donors (Lipinski definition) is 2. The van der Waals surface area contributed by atoms with Crippen LogP contribution in [-0.4, -0.2) is 46.1 Å². The minimum absolute atomic E-state index is 0.441. The molecule has 0 saturated carbocycles. The van der Waals surface area contributed by atoms with Crippen molar-refractivity contribution < 1.29 is 14.4 Å². The molecule has 1 aromatic heterocycles. The molecule has 1 saturated heterocycles. The molecule has 3 aromatic rings. The lowest BCUT2D eigenvalue weighted by molar-refractivity contribution is 0.0290. The molecule has 2 N–H and O–H groups in total. The van der Waals surface area contributed by atoms with Gasteiger partial charge in [0.25, 0.3) is 5.91 Å². The normalized spacial score (nSPS) is 20.0. The highest BCUT2D eigenvalue weighted by Crippen LogP contribution is 2.24. The van der Waals surface area contributed by atoms with Gasteiger partial charge in [-0.1, -0.05) is 36.4 Å². The van der Waals surface area contributed by atoms with Crippen molar-refractivity contribution in [3.63, 3.8) is 0 Å². The minimum Gasteiger partial charge on any atom is -0.472 e. The highest BCUT2D eigenvalue weighted by Gasteiger charge is 2.29. The zero-order valence-electron chi connectivity index (χ0n) is 18.0. The summed E-state index contributed by atoms with van der Waals surface area (Å²) in [5, 5.41) is 8.75. The average Bonchev–Trinajstić information content (AvgIpc) is 3.32. The number of benzene rings is 2. The first-order valence-corrected chi connectivity index (χ1v) is 10.7. The molecule has 0 unspecified atom stereocenters. The summed E-state index contributed by atoms with van der Waals surface area (Å²) in [5.41, 5.74) is 6.88. The molecule has 2 aromatic carbocycles. The fourth-order valence-electron chi connectivity index (χ4n) is 4.43. The van der Waals surface area contributed by atoms with Gasteiger partial charge in [0.2, 0.25) is 0 Å². The second kappa shape index (κ2) is 9.47. The monoisotopic (exact) mass is 419 g/mol. The Hall–Kier alpha value is -2.93. The Kier molecular flexibility index (Phi) is 6.51. The second-order valence-corrected chi connectivity index (χ2v) is 8.41. The Morgan fingerprint density at radius 1 is 0.935 bits per heavy atom. The van der Waals surface area contributed by atoms with Crippen LogP contribution in [0.2, 0.25) is 0 Å². The summed E-state index contributed by atoms with van der Waals surface area (Å²) < 4.78 is 5.18. The van der Waals surface area contributed by atoms with Crippen LogP contribution in [0.5, 0.6) is 0 Å². The number of hydrogen-bond acceptors (Lipinski definition) is 5. The largest absolute Gasteiger partial charge is 0.472 e. The molecule has 2 atom stereocenters. The van der Waals surface area contributed by atoms with Crippen LogP contribution in [0, 0.1) is 0 Å². The zero-order chi connectivity index (χ0) is 21.8. The highest BCUT2D eigenvalue weighted by atomic mass is 16.5. The van der Waals surface area contributed by atoms with Gasteiger partial charge < -0.3 is 4.42 Å². The molecule has 6 heteroatoms. The molecule has 162 valence electrons. The number of piperazine rings is 1. The van der Waals surface area contributed by atoms with E-state index >= 15 is 0 Å². The summed E-state index contributed by atoms with van der Waals surface area (Å²) in [5.74, 6) is -0.486. The third kappa shape index (κ3) is 5.05. The lowest BCUT2D eigenvalue weighted by Gasteiger charge is -2.44. The molecule has 0 aliphatic carbocycles. The van der Waals surface area contributed by atoms with E-state index in [4.69, 9.17) is 9.62 Å². The summed E-state index contributed by atoms with van der Waals surface area (Å²) in [6.07, 6.45) is 3.47.